The van der Waals surface area contributed by atoms with Crippen LogP contribution in [-0.4, -0.2) is 71.4 Å². The molecule has 1 unspecified atom stereocenters. The SMILES string of the molecule is O=C1COCCCN1CCN1CCC(n2cc(Br)cn2)C1. The Labute approximate surface area is 133 Å². The molecule has 1 aromatic rings. The largest absolute Gasteiger partial charge is 0.372 e. The molecule has 0 aromatic carbocycles. The molecule has 2 fully saturated rings. The van der Waals surface area contributed by atoms with Crippen molar-refractivity contribution >= 4 is 21.8 Å². The number of likely N-dealkylation sites (tertiary alicyclic amines) is 1. The fourth-order valence-corrected chi connectivity index (χ4v) is 3.28. The van der Waals surface area contributed by atoms with Gasteiger partial charge in [0.15, 0.2) is 0 Å². The number of hydrogen-bond donors (Lipinski definition) is 0. The molecule has 3 heterocycles. The fourth-order valence-electron chi connectivity index (χ4n) is 2.98. The Kier molecular flexibility index (Phi) is 4.92. The van der Waals surface area contributed by atoms with Crippen molar-refractivity contribution in [1.82, 2.24) is 19.6 Å². The topological polar surface area (TPSA) is 50.6 Å². The molecular formula is C14H21BrN4O2. The highest BCUT2D eigenvalue weighted by molar-refractivity contribution is 9.10. The summed E-state index contributed by atoms with van der Waals surface area (Å²) in [5.41, 5.74) is 0. The normalized spacial score (nSPS) is 24.5. The van der Waals surface area contributed by atoms with Gasteiger partial charge in [0.05, 0.1) is 16.7 Å². The zero-order valence-corrected chi connectivity index (χ0v) is 13.7. The second-order valence-electron chi connectivity index (χ2n) is 5.67. The molecule has 0 bridgehead atoms. The molecule has 3 rings (SSSR count). The predicted octanol–water partition coefficient (Wildman–Crippen LogP) is 1.14. The standard InChI is InChI=1S/C14H21BrN4O2/c15-12-8-16-19(9-12)13-2-4-17(10-13)5-6-18-3-1-7-21-11-14(18)20/h8-9,13H,1-7,10-11H2. The van der Waals surface area contributed by atoms with Crippen molar-refractivity contribution in [3.05, 3.63) is 16.9 Å². The number of aromatic nitrogens is 2. The van der Waals surface area contributed by atoms with Crippen LogP contribution in [0.15, 0.2) is 16.9 Å². The van der Waals surface area contributed by atoms with Crippen molar-refractivity contribution in [1.29, 1.82) is 0 Å². The van der Waals surface area contributed by atoms with Gasteiger partial charge in [0.25, 0.3) is 0 Å². The highest BCUT2D eigenvalue weighted by atomic mass is 79.9. The van der Waals surface area contributed by atoms with Crippen molar-refractivity contribution in [3.63, 3.8) is 0 Å². The molecule has 21 heavy (non-hydrogen) atoms. The highest BCUT2D eigenvalue weighted by Crippen LogP contribution is 2.22. The van der Waals surface area contributed by atoms with Gasteiger partial charge >= 0.3 is 0 Å². The summed E-state index contributed by atoms with van der Waals surface area (Å²) in [5.74, 6) is 0.124. The molecule has 0 saturated carbocycles. The minimum absolute atomic E-state index is 0.124. The van der Waals surface area contributed by atoms with E-state index in [4.69, 9.17) is 4.74 Å². The van der Waals surface area contributed by atoms with Crippen LogP contribution in [0.1, 0.15) is 18.9 Å². The van der Waals surface area contributed by atoms with Crippen molar-refractivity contribution in [2.24, 2.45) is 0 Å². The maximum atomic E-state index is 11.9. The Morgan fingerprint density at radius 3 is 3.10 bits per heavy atom. The molecule has 7 heteroatoms. The lowest BCUT2D eigenvalue weighted by Crippen LogP contribution is -2.39. The molecular weight excluding hydrogens is 336 g/mol. The number of ether oxygens (including phenoxy) is 1. The number of carbonyl (C=O) groups excluding carboxylic acids is 1. The van der Waals surface area contributed by atoms with E-state index in [2.05, 4.69) is 25.9 Å². The molecule has 2 aliphatic heterocycles. The maximum absolute atomic E-state index is 11.9. The van der Waals surface area contributed by atoms with Gasteiger partial charge in [-0.3, -0.25) is 14.4 Å². The number of carbonyl (C=O) groups is 1. The van der Waals surface area contributed by atoms with Crippen LogP contribution in [0.25, 0.3) is 0 Å². The fraction of sp³-hybridized carbons (Fsp3) is 0.714. The van der Waals surface area contributed by atoms with Crippen LogP contribution in [0.5, 0.6) is 0 Å². The van der Waals surface area contributed by atoms with Crippen LogP contribution in [0.4, 0.5) is 0 Å². The molecule has 1 atom stereocenters. The van der Waals surface area contributed by atoms with Crippen molar-refractivity contribution in [2.75, 3.05) is 45.9 Å². The van der Waals surface area contributed by atoms with Gasteiger partial charge in [0.2, 0.25) is 5.91 Å². The van der Waals surface area contributed by atoms with E-state index >= 15 is 0 Å². The number of hydrogen-bond acceptors (Lipinski definition) is 4. The van der Waals surface area contributed by atoms with E-state index in [1.165, 1.54) is 0 Å². The summed E-state index contributed by atoms with van der Waals surface area (Å²) < 4.78 is 8.33. The summed E-state index contributed by atoms with van der Waals surface area (Å²) in [4.78, 5) is 16.2. The molecule has 6 nitrogen and oxygen atoms in total. The number of rotatable bonds is 4. The average Bonchev–Trinajstić information content (AvgIpc) is 3.05. The van der Waals surface area contributed by atoms with Gasteiger partial charge in [-0.15, -0.1) is 0 Å². The number of amides is 1. The smallest absolute Gasteiger partial charge is 0.248 e. The van der Waals surface area contributed by atoms with Crippen LogP contribution in [0.3, 0.4) is 0 Å². The van der Waals surface area contributed by atoms with E-state index in [-0.39, 0.29) is 12.5 Å². The summed E-state index contributed by atoms with van der Waals surface area (Å²) in [6.45, 7) is 5.57. The lowest BCUT2D eigenvalue weighted by molar-refractivity contribution is -0.134. The minimum Gasteiger partial charge on any atom is -0.372 e. The van der Waals surface area contributed by atoms with Crippen molar-refractivity contribution in [3.8, 4) is 0 Å². The average molecular weight is 357 g/mol. The van der Waals surface area contributed by atoms with Gasteiger partial charge in [0, 0.05) is 45.5 Å². The molecule has 0 aliphatic carbocycles. The van der Waals surface area contributed by atoms with Crippen molar-refractivity contribution < 1.29 is 9.53 Å². The lowest BCUT2D eigenvalue weighted by Gasteiger charge is -2.23. The van der Waals surface area contributed by atoms with Gasteiger partial charge in [0.1, 0.15) is 6.61 Å². The first-order valence-electron chi connectivity index (χ1n) is 7.50. The molecule has 1 aromatic heterocycles. The van der Waals surface area contributed by atoms with Gasteiger partial charge in [-0.25, -0.2) is 0 Å². The first-order chi connectivity index (χ1) is 10.2. The molecule has 0 spiro atoms. The number of nitrogens with zero attached hydrogens (tertiary/aromatic N) is 4. The molecule has 116 valence electrons. The van der Waals surface area contributed by atoms with Crippen molar-refractivity contribution in [2.45, 2.75) is 18.9 Å². The van der Waals surface area contributed by atoms with Gasteiger partial charge in [-0.2, -0.15) is 5.10 Å². The van der Waals surface area contributed by atoms with Crippen LogP contribution in [0, 0.1) is 0 Å². The van der Waals surface area contributed by atoms with E-state index in [0.29, 0.717) is 12.6 Å². The van der Waals surface area contributed by atoms with E-state index < -0.39 is 0 Å². The zero-order chi connectivity index (χ0) is 14.7. The second-order valence-corrected chi connectivity index (χ2v) is 6.58. The quantitative estimate of drug-likeness (QED) is 0.811. The van der Waals surface area contributed by atoms with Crippen LogP contribution in [0.2, 0.25) is 0 Å². The predicted molar refractivity (Wildman–Crippen MR) is 82.0 cm³/mol. The van der Waals surface area contributed by atoms with E-state index in [0.717, 1.165) is 50.0 Å². The molecule has 2 saturated heterocycles. The number of halogens is 1. The third-order valence-corrected chi connectivity index (χ3v) is 4.58. The summed E-state index contributed by atoms with van der Waals surface area (Å²) in [6, 6.07) is 0.444. The summed E-state index contributed by atoms with van der Waals surface area (Å²) >= 11 is 3.44. The maximum Gasteiger partial charge on any atom is 0.248 e. The van der Waals surface area contributed by atoms with Gasteiger partial charge < -0.3 is 9.64 Å². The lowest BCUT2D eigenvalue weighted by atomic mass is 10.3. The summed E-state index contributed by atoms with van der Waals surface area (Å²) in [5, 5.41) is 4.37. The summed E-state index contributed by atoms with van der Waals surface area (Å²) in [6.07, 6.45) is 5.92. The third kappa shape index (κ3) is 3.84. The molecule has 0 radical (unpaired) electrons. The first kappa shape index (κ1) is 15.0. The Morgan fingerprint density at radius 2 is 2.29 bits per heavy atom. The van der Waals surface area contributed by atoms with E-state index in [1.54, 1.807) is 0 Å². The van der Waals surface area contributed by atoms with Crippen LogP contribution in [-0.2, 0) is 9.53 Å². The molecule has 2 aliphatic rings. The Morgan fingerprint density at radius 1 is 1.38 bits per heavy atom. The van der Waals surface area contributed by atoms with Gasteiger partial charge in [-0.1, -0.05) is 0 Å². The first-order valence-corrected chi connectivity index (χ1v) is 8.29. The zero-order valence-electron chi connectivity index (χ0n) is 12.1. The Balaban J connectivity index is 1.47. The second kappa shape index (κ2) is 6.89. The Hall–Kier alpha value is -0.920. The van der Waals surface area contributed by atoms with E-state index in [1.807, 2.05) is 22.0 Å². The van der Waals surface area contributed by atoms with Crippen LogP contribution >= 0.6 is 15.9 Å². The molecule has 0 N–H and O–H groups in total. The van der Waals surface area contributed by atoms with Crippen LogP contribution < -0.4 is 0 Å². The highest BCUT2D eigenvalue weighted by Gasteiger charge is 2.25. The minimum atomic E-state index is 0.124. The summed E-state index contributed by atoms with van der Waals surface area (Å²) in [7, 11) is 0. The van der Waals surface area contributed by atoms with E-state index in [9.17, 15) is 4.79 Å². The Bertz CT molecular complexity index is 493. The third-order valence-electron chi connectivity index (χ3n) is 4.17. The monoisotopic (exact) mass is 356 g/mol. The van der Waals surface area contributed by atoms with Gasteiger partial charge in [-0.05, 0) is 28.8 Å². The molecule has 1 amide bonds.